The predicted octanol–water partition coefficient (Wildman–Crippen LogP) is 2.30. The normalized spacial score (nSPS) is 22.0. The zero-order valence-electron chi connectivity index (χ0n) is 18.1. The van der Waals surface area contributed by atoms with Crippen LogP contribution in [0.2, 0.25) is 0 Å². The summed E-state index contributed by atoms with van der Waals surface area (Å²) in [5, 5.41) is 6.51. The van der Waals surface area contributed by atoms with E-state index in [1.807, 2.05) is 25.1 Å². The second kappa shape index (κ2) is 9.35. The van der Waals surface area contributed by atoms with Gasteiger partial charge in [0.05, 0.1) is 36.7 Å². The number of aryl methyl sites for hydroxylation is 1. The van der Waals surface area contributed by atoms with E-state index in [4.69, 9.17) is 9.47 Å². The molecule has 0 bridgehead atoms. The van der Waals surface area contributed by atoms with Crippen molar-refractivity contribution in [3.63, 3.8) is 0 Å². The lowest BCUT2D eigenvalue weighted by atomic mass is 9.93. The Hall–Kier alpha value is -3.46. The van der Waals surface area contributed by atoms with Crippen molar-refractivity contribution in [1.82, 2.24) is 25.2 Å². The van der Waals surface area contributed by atoms with Crippen LogP contribution in [-0.4, -0.2) is 64.6 Å². The van der Waals surface area contributed by atoms with Gasteiger partial charge in [0.25, 0.3) is 0 Å². The summed E-state index contributed by atoms with van der Waals surface area (Å²) in [4.78, 5) is 20.0. The summed E-state index contributed by atoms with van der Waals surface area (Å²) in [7, 11) is 0. The average molecular weight is 434 g/mol. The summed E-state index contributed by atoms with van der Waals surface area (Å²) in [5.74, 6) is 2.87. The fourth-order valence-electron chi connectivity index (χ4n) is 3.77. The number of anilines is 1. The molecule has 0 radical (unpaired) electrons. The van der Waals surface area contributed by atoms with Crippen molar-refractivity contribution in [2.75, 3.05) is 31.6 Å². The maximum absolute atomic E-state index is 6.11. The fourth-order valence-corrected chi connectivity index (χ4v) is 3.77. The van der Waals surface area contributed by atoms with Gasteiger partial charge < -0.3 is 20.1 Å². The highest BCUT2D eigenvalue weighted by atomic mass is 16.5. The molecule has 2 aromatic rings. The van der Waals surface area contributed by atoms with E-state index < -0.39 is 0 Å². The van der Waals surface area contributed by atoms with E-state index in [1.54, 1.807) is 24.9 Å². The first-order chi connectivity index (χ1) is 15.7. The van der Waals surface area contributed by atoms with Gasteiger partial charge in [0.2, 0.25) is 5.88 Å². The first-order valence-electron chi connectivity index (χ1n) is 11.0. The molecule has 2 unspecified atom stereocenters. The van der Waals surface area contributed by atoms with E-state index in [9.17, 15) is 0 Å². The molecule has 2 atom stereocenters. The lowest BCUT2D eigenvalue weighted by molar-refractivity contribution is 0.146. The van der Waals surface area contributed by atoms with Crippen LogP contribution >= 0.6 is 0 Å². The van der Waals surface area contributed by atoms with Crippen molar-refractivity contribution in [3.8, 4) is 11.6 Å². The first kappa shape index (κ1) is 20.4. The Balaban J connectivity index is 1.20. The smallest absolute Gasteiger partial charge is 0.214 e. The van der Waals surface area contributed by atoms with Gasteiger partial charge in [0.1, 0.15) is 30.1 Å². The minimum atomic E-state index is -0.136. The second-order valence-electron chi connectivity index (χ2n) is 8.06. The summed E-state index contributed by atoms with van der Waals surface area (Å²) in [6.07, 6.45) is 12.8. The van der Waals surface area contributed by atoms with Crippen LogP contribution in [0.3, 0.4) is 0 Å². The Morgan fingerprint density at radius 1 is 1.12 bits per heavy atom. The number of aromatic nitrogens is 3. The summed E-state index contributed by atoms with van der Waals surface area (Å²) in [5.41, 5.74) is 1.98. The van der Waals surface area contributed by atoms with E-state index in [2.05, 4.69) is 41.6 Å². The predicted molar refractivity (Wildman–Crippen MR) is 122 cm³/mol. The highest BCUT2D eigenvalue weighted by Gasteiger charge is 2.27. The summed E-state index contributed by atoms with van der Waals surface area (Å²) < 4.78 is 11.9. The first-order valence-corrected chi connectivity index (χ1v) is 11.0. The molecular weight excluding hydrogens is 406 g/mol. The van der Waals surface area contributed by atoms with Gasteiger partial charge in [-0.25, -0.2) is 9.97 Å². The zero-order chi connectivity index (χ0) is 21.8. The molecule has 166 valence electrons. The van der Waals surface area contributed by atoms with Gasteiger partial charge in [-0.2, -0.15) is 0 Å². The number of fused-ring (bicyclic) bond motifs is 1. The Bertz CT molecular complexity index is 1010. The molecule has 1 saturated heterocycles. The van der Waals surface area contributed by atoms with Crippen LogP contribution in [0.1, 0.15) is 18.5 Å². The second-order valence-corrected chi connectivity index (χ2v) is 8.06. The third-order valence-electron chi connectivity index (χ3n) is 5.69. The quantitative estimate of drug-likeness (QED) is 0.612. The molecule has 0 saturated carbocycles. The summed E-state index contributed by atoms with van der Waals surface area (Å²) in [6, 6.07) is 3.74. The molecular formula is C23H27N7O2. The van der Waals surface area contributed by atoms with E-state index in [1.165, 1.54) is 19.5 Å². The molecule has 9 nitrogen and oxygen atoms in total. The molecule has 3 aliphatic rings. The molecule has 2 N–H and O–H groups in total. The summed E-state index contributed by atoms with van der Waals surface area (Å²) in [6.45, 7) is 5.91. The number of pyridine rings is 1. The van der Waals surface area contributed by atoms with Gasteiger partial charge in [-0.05, 0) is 38.6 Å². The fraction of sp³-hybridized carbons (Fsp3) is 0.391. The lowest BCUT2D eigenvalue weighted by Crippen LogP contribution is -2.39. The van der Waals surface area contributed by atoms with Gasteiger partial charge in [0, 0.05) is 24.6 Å². The molecule has 1 fully saturated rings. The molecule has 2 aromatic heterocycles. The van der Waals surface area contributed by atoms with Gasteiger partial charge in [-0.3, -0.25) is 14.9 Å². The maximum atomic E-state index is 6.11. The monoisotopic (exact) mass is 433 g/mol. The SMILES string of the molecule is Cc1cnc(NC2=C3CC(Oc4ccc(OCCN5CCC5)cn4)C=CC3N=CN2)cn1. The average Bonchev–Trinajstić information content (AvgIpc) is 2.78. The molecule has 9 heteroatoms. The van der Waals surface area contributed by atoms with E-state index >= 15 is 0 Å². The molecule has 0 amide bonds. The number of nitrogens with zero attached hydrogens (tertiary/aromatic N) is 5. The van der Waals surface area contributed by atoms with Crippen LogP contribution in [0.15, 0.2) is 59.3 Å². The Morgan fingerprint density at radius 2 is 2.06 bits per heavy atom. The largest absolute Gasteiger partial charge is 0.491 e. The van der Waals surface area contributed by atoms with Gasteiger partial charge >= 0.3 is 0 Å². The zero-order valence-corrected chi connectivity index (χ0v) is 18.1. The van der Waals surface area contributed by atoms with E-state index in [-0.39, 0.29) is 12.1 Å². The molecule has 5 rings (SSSR count). The van der Waals surface area contributed by atoms with Crippen molar-refractivity contribution >= 4 is 12.2 Å². The van der Waals surface area contributed by atoms with E-state index in [0.29, 0.717) is 24.7 Å². The van der Waals surface area contributed by atoms with Crippen LogP contribution in [-0.2, 0) is 0 Å². The molecule has 1 aliphatic carbocycles. The Labute approximate surface area is 187 Å². The molecule has 32 heavy (non-hydrogen) atoms. The molecule has 2 aliphatic heterocycles. The van der Waals surface area contributed by atoms with Crippen LogP contribution in [0.5, 0.6) is 11.6 Å². The topological polar surface area (TPSA) is 96.8 Å². The number of ether oxygens (including phenoxy) is 2. The minimum absolute atomic E-state index is 0.0212. The van der Waals surface area contributed by atoms with Crippen molar-refractivity contribution in [3.05, 3.63) is 60.0 Å². The molecule has 0 spiro atoms. The third-order valence-corrected chi connectivity index (χ3v) is 5.69. The van der Waals surface area contributed by atoms with Crippen LogP contribution in [0.4, 0.5) is 5.82 Å². The molecule has 4 heterocycles. The molecule has 0 aromatic carbocycles. The lowest BCUT2D eigenvalue weighted by Gasteiger charge is -2.30. The van der Waals surface area contributed by atoms with Gasteiger partial charge in [-0.15, -0.1) is 0 Å². The van der Waals surface area contributed by atoms with Crippen LogP contribution in [0, 0.1) is 6.92 Å². The summed E-state index contributed by atoms with van der Waals surface area (Å²) >= 11 is 0. The standard InChI is InChI=1S/C23H27N7O2/c1-16-12-25-21(14-24-16)29-23-19-11-17(3-5-20(19)27-15-28-23)32-22-6-4-18(13-26-22)31-10-9-30-7-2-8-30/h3-6,12-15,17,20H,2,7-11H2,1H3,(H,25,29)(H,27,28). The van der Waals surface area contributed by atoms with Crippen LogP contribution < -0.4 is 20.1 Å². The Morgan fingerprint density at radius 3 is 2.81 bits per heavy atom. The van der Waals surface area contributed by atoms with Crippen molar-refractivity contribution < 1.29 is 9.47 Å². The number of hydrogen-bond acceptors (Lipinski definition) is 9. The van der Waals surface area contributed by atoms with Gasteiger partial charge in [-0.1, -0.05) is 6.08 Å². The highest BCUT2D eigenvalue weighted by molar-refractivity contribution is 5.64. The Kier molecular flexibility index (Phi) is 5.98. The van der Waals surface area contributed by atoms with E-state index in [0.717, 1.165) is 29.4 Å². The number of nitrogens with one attached hydrogen (secondary N) is 2. The van der Waals surface area contributed by atoms with Crippen molar-refractivity contribution in [2.45, 2.75) is 31.9 Å². The van der Waals surface area contributed by atoms with Gasteiger partial charge in [0.15, 0.2) is 0 Å². The number of aliphatic imine (C=N–C) groups is 1. The number of rotatable bonds is 8. The van der Waals surface area contributed by atoms with Crippen LogP contribution in [0.25, 0.3) is 0 Å². The highest BCUT2D eigenvalue weighted by Crippen LogP contribution is 2.28. The number of likely N-dealkylation sites (tertiary alicyclic amines) is 1. The number of hydrogen-bond donors (Lipinski definition) is 2. The third kappa shape index (κ3) is 4.88. The van der Waals surface area contributed by atoms with Crippen molar-refractivity contribution in [1.29, 1.82) is 0 Å². The minimum Gasteiger partial charge on any atom is -0.491 e. The van der Waals surface area contributed by atoms with Crippen molar-refractivity contribution in [2.24, 2.45) is 4.99 Å². The maximum Gasteiger partial charge on any atom is 0.214 e.